The molecule has 2 heterocycles. The maximum atomic E-state index is 12.5. The third kappa shape index (κ3) is 6.02. The first kappa shape index (κ1) is 23.1. The van der Waals surface area contributed by atoms with E-state index in [-0.39, 0.29) is 5.91 Å². The van der Waals surface area contributed by atoms with E-state index in [0.717, 1.165) is 53.5 Å². The van der Waals surface area contributed by atoms with Crippen molar-refractivity contribution < 1.29 is 9.53 Å². The van der Waals surface area contributed by atoms with Crippen LogP contribution in [0.4, 0.5) is 0 Å². The maximum absolute atomic E-state index is 12.5. The smallest absolute Gasteiger partial charge is 0.226 e. The topological polar surface area (TPSA) is 59.4 Å². The number of carbonyl (C=O) groups is 1. The highest BCUT2D eigenvalue weighted by molar-refractivity contribution is 5.76. The Morgan fingerprint density at radius 2 is 1.76 bits per heavy atom. The van der Waals surface area contributed by atoms with Gasteiger partial charge in [-0.3, -0.25) is 4.79 Å². The fourth-order valence-corrected chi connectivity index (χ4v) is 4.34. The summed E-state index contributed by atoms with van der Waals surface area (Å²) in [5, 5.41) is 7.86. The third-order valence-electron chi connectivity index (χ3n) is 6.14. The molecule has 1 fully saturated rings. The van der Waals surface area contributed by atoms with Crippen LogP contribution in [0, 0.1) is 20.8 Å². The highest BCUT2D eigenvalue weighted by Gasteiger charge is 2.20. The summed E-state index contributed by atoms with van der Waals surface area (Å²) < 4.78 is 8.23. The first-order valence-corrected chi connectivity index (χ1v) is 11.9. The second kappa shape index (κ2) is 10.7. The van der Waals surface area contributed by atoms with E-state index < -0.39 is 0 Å². The lowest BCUT2D eigenvalue weighted by atomic mass is 10.1. The number of aromatic nitrogens is 2. The molecule has 1 amide bonds. The van der Waals surface area contributed by atoms with E-state index in [2.05, 4.69) is 29.3 Å². The Balaban J connectivity index is 1.51. The lowest BCUT2D eigenvalue weighted by Crippen LogP contribution is -2.33. The van der Waals surface area contributed by atoms with Gasteiger partial charge in [-0.1, -0.05) is 24.3 Å². The molecule has 2 aromatic carbocycles. The number of ether oxygens (including phenoxy) is 1. The molecule has 1 saturated heterocycles. The molecule has 0 unspecified atom stereocenters. The zero-order valence-electron chi connectivity index (χ0n) is 19.9. The Morgan fingerprint density at radius 1 is 1.03 bits per heavy atom. The molecule has 0 radical (unpaired) electrons. The van der Waals surface area contributed by atoms with Gasteiger partial charge in [0, 0.05) is 25.1 Å². The Labute approximate surface area is 196 Å². The van der Waals surface area contributed by atoms with Crippen LogP contribution in [0.2, 0.25) is 0 Å². The van der Waals surface area contributed by atoms with E-state index in [4.69, 9.17) is 9.84 Å². The van der Waals surface area contributed by atoms with Crippen molar-refractivity contribution in [3.8, 4) is 17.3 Å². The number of rotatable bonds is 9. The minimum Gasteiger partial charge on any atom is -0.439 e. The lowest BCUT2D eigenvalue weighted by molar-refractivity contribution is -0.121. The zero-order chi connectivity index (χ0) is 23.2. The van der Waals surface area contributed by atoms with Gasteiger partial charge < -0.3 is 15.0 Å². The van der Waals surface area contributed by atoms with Crippen molar-refractivity contribution >= 4 is 5.91 Å². The molecular formula is C27H34N4O2. The Morgan fingerprint density at radius 3 is 2.48 bits per heavy atom. The van der Waals surface area contributed by atoms with E-state index in [9.17, 15) is 4.79 Å². The van der Waals surface area contributed by atoms with Gasteiger partial charge in [-0.05, 0) is 88.5 Å². The normalized spacial score (nSPS) is 13.9. The van der Waals surface area contributed by atoms with Crippen molar-refractivity contribution in [2.75, 3.05) is 26.2 Å². The number of hydrogen-bond acceptors (Lipinski definition) is 4. The van der Waals surface area contributed by atoms with Gasteiger partial charge in [0.1, 0.15) is 5.75 Å². The molecule has 0 bridgehead atoms. The average Bonchev–Trinajstić information content (AvgIpc) is 3.40. The molecular weight excluding hydrogens is 412 g/mol. The van der Waals surface area contributed by atoms with Crippen LogP contribution in [0.1, 0.15) is 41.6 Å². The van der Waals surface area contributed by atoms with Crippen LogP contribution in [0.15, 0.2) is 48.5 Å². The molecule has 0 aliphatic carbocycles. The molecule has 6 heteroatoms. The minimum absolute atomic E-state index is 0.0680. The summed E-state index contributed by atoms with van der Waals surface area (Å²) in [5.74, 6) is 1.51. The van der Waals surface area contributed by atoms with Gasteiger partial charge in [-0.25, -0.2) is 4.68 Å². The van der Waals surface area contributed by atoms with Gasteiger partial charge in [0.2, 0.25) is 11.8 Å². The fraction of sp³-hybridized carbons (Fsp3) is 0.407. The van der Waals surface area contributed by atoms with Gasteiger partial charge in [-0.15, -0.1) is 0 Å². The van der Waals surface area contributed by atoms with Crippen molar-refractivity contribution in [3.63, 3.8) is 0 Å². The van der Waals surface area contributed by atoms with Crippen LogP contribution in [0.3, 0.4) is 0 Å². The van der Waals surface area contributed by atoms with Crippen LogP contribution in [-0.2, 0) is 11.2 Å². The molecule has 3 aromatic rings. The molecule has 1 N–H and O–H groups in total. The summed E-state index contributed by atoms with van der Waals surface area (Å²) in [6.45, 7) is 10.0. The van der Waals surface area contributed by atoms with Gasteiger partial charge in [0.05, 0.1) is 11.4 Å². The number of nitrogens with one attached hydrogen (secondary N) is 1. The SMILES string of the molecule is Cc1cccc(Oc2c(CCC(=O)NCCN3CCCC3)c(C)nn2-c2cccc(C)c2)c1. The van der Waals surface area contributed by atoms with Crippen molar-refractivity contribution in [2.45, 2.75) is 46.5 Å². The van der Waals surface area contributed by atoms with Crippen molar-refractivity contribution in [2.24, 2.45) is 0 Å². The predicted octanol–water partition coefficient (Wildman–Crippen LogP) is 4.73. The summed E-state index contributed by atoms with van der Waals surface area (Å²) in [6, 6.07) is 16.2. The number of carbonyl (C=O) groups excluding carboxylic acids is 1. The monoisotopic (exact) mass is 446 g/mol. The van der Waals surface area contributed by atoms with Gasteiger partial charge in [0.25, 0.3) is 0 Å². The third-order valence-corrected chi connectivity index (χ3v) is 6.14. The molecule has 1 aliphatic heterocycles. The van der Waals surface area contributed by atoms with E-state index in [1.807, 2.05) is 54.9 Å². The number of benzene rings is 2. The van der Waals surface area contributed by atoms with Crippen molar-refractivity contribution in [3.05, 3.63) is 70.9 Å². The molecule has 33 heavy (non-hydrogen) atoms. The van der Waals surface area contributed by atoms with Gasteiger partial charge in [-0.2, -0.15) is 5.10 Å². The molecule has 174 valence electrons. The summed E-state index contributed by atoms with van der Waals surface area (Å²) in [4.78, 5) is 14.9. The standard InChI is InChI=1S/C27H34N4O2/c1-20-8-6-10-23(18-20)31-27(33-24-11-7-9-21(2)19-24)25(22(3)29-31)12-13-26(32)28-14-17-30-15-4-5-16-30/h6-11,18-19H,4-5,12-17H2,1-3H3,(H,28,32). The number of aryl methyl sites for hydroxylation is 3. The van der Waals surface area contributed by atoms with E-state index in [0.29, 0.717) is 25.3 Å². The van der Waals surface area contributed by atoms with E-state index >= 15 is 0 Å². The molecule has 4 rings (SSSR count). The first-order chi connectivity index (χ1) is 16.0. The Hall–Kier alpha value is -3.12. The highest BCUT2D eigenvalue weighted by Crippen LogP contribution is 2.32. The molecule has 0 atom stereocenters. The quantitative estimate of drug-likeness (QED) is 0.516. The molecule has 0 saturated carbocycles. The van der Waals surface area contributed by atoms with E-state index in [1.165, 1.54) is 12.8 Å². The van der Waals surface area contributed by atoms with Crippen molar-refractivity contribution in [1.29, 1.82) is 0 Å². The summed E-state index contributed by atoms with van der Waals surface area (Å²) in [6.07, 6.45) is 3.52. The average molecular weight is 447 g/mol. The summed E-state index contributed by atoms with van der Waals surface area (Å²) >= 11 is 0. The Bertz CT molecular complexity index is 1100. The van der Waals surface area contributed by atoms with Crippen LogP contribution in [0.5, 0.6) is 11.6 Å². The number of amides is 1. The highest BCUT2D eigenvalue weighted by atomic mass is 16.5. The molecule has 0 spiro atoms. The zero-order valence-corrected chi connectivity index (χ0v) is 19.9. The lowest BCUT2D eigenvalue weighted by Gasteiger charge is -2.15. The number of hydrogen-bond donors (Lipinski definition) is 1. The molecule has 1 aliphatic rings. The molecule has 1 aromatic heterocycles. The second-order valence-corrected chi connectivity index (χ2v) is 8.94. The summed E-state index contributed by atoms with van der Waals surface area (Å²) in [5.41, 5.74) is 5.07. The number of nitrogens with zero attached hydrogens (tertiary/aromatic N) is 3. The van der Waals surface area contributed by atoms with Gasteiger partial charge in [0.15, 0.2) is 0 Å². The maximum Gasteiger partial charge on any atom is 0.226 e. The molecule has 6 nitrogen and oxygen atoms in total. The predicted molar refractivity (Wildman–Crippen MR) is 131 cm³/mol. The van der Waals surface area contributed by atoms with Crippen LogP contribution in [0.25, 0.3) is 5.69 Å². The van der Waals surface area contributed by atoms with Crippen LogP contribution < -0.4 is 10.1 Å². The van der Waals surface area contributed by atoms with E-state index in [1.54, 1.807) is 0 Å². The van der Waals surface area contributed by atoms with Crippen LogP contribution in [-0.4, -0.2) is 46.8 Å². The number of likely N-dealkylation sites (tertiary alicyclic amines) is 1. The fourth-order valence-electron chi connectivity index (χ4n) is 4.34. The largest absolute Gasteiger partial charge is 0.439 e. The Kier molecular flexibility index (Phi) is 7.45. The van der Waals surface area contributed by atoms with Gasteiger partial charge >= 0.3 is 0 Å². The first-order valence-electron chi connectivity index (χ1n) is 11.9. The van der Waals surface area contributed by atoms with Crippen LogP contribution >= 0.6 is 0 Å². The second-order valence-electron chi connectivity index (χ2n) is 8.94. The van der Waals surface area contributed by atoms with Crippen molar-refractivity contribution in [1.82, 2.24) is 20.0 Å². The summed E-state index contributed by atoms with van der Waals surface area (Å²) in [7, 11) is 0. The minimum atomic E-state index is 0.0680.